The number of rotatable bonds is 3. The summed E-state index contributed by atoms with van der Waals surface area (Å²) in [5.41, 5.74) is 4.67. The molecule has 0 aliphatic heterocycles. The molecule has 5 nitrogen and oxygen atoms in total. The molecule has 5 heteroatoms. The van der Waals surface area contributed by atoms with Crippen molar-refractivity contribution in [1.82, 2.24) is 20.5 Å². The maximum absolute atomic E-state index is 5.52. The van der Waals surface area contributed by atoms with Gasteiger partial charge in [0.2, 0.25) is 0 Å². The molecule has 2 heterocycles. The predicted octanol–water partition coefficient (Wildman–Crippen LogP) is 2.25. The van der Waals surface area contributed by atoms with Gasteiger partial charge in [-0.3, -0.25) is 5.10 Å². The molecule has 0 aliphatic rings. The van der Waals surface area contributed by atoms with Crippen LogP contribution >= 0.6 is 0 Å². The lowest BCUT2D eigenvalue weighted by atomic mass is 10.1. The van der Waals surface area contributed by atoms with E-state index in [9.17, 15) is 0 Å². The largest absolute Gasteiger partial charge is 0.441 e. The van der Waals surface area contributed by atoms with Crippen LogP contribution in [0.15, 0.2) is 28.7 Å². The minimum absolute atomic E-state index is 0.681. The number of benzene rings is 1. The van der Waals surface area contributed by atoms with Crippen LogP contribution in [-0.2, 0) is 6.54 Å². The number of oxazole rings is 1. The van der Waals surface area contributed by atoms with Crippen molar-refractivity contribution >= 4 is 11.1 Å². The number of hydrogen-bond donors (Lipinski definition) is 2. The van der Waals surface area contributed by atoms with Crippen LogP contribution in [0.25, 0.3) is 22.4 Å². The standard InChI is InChI=1S/C13H14N4O/c1-8-15-11-4-3-9(5-13(11)18-8)12-6-10(7-14-2)16-17-12/h3-6,14H,7H2,1-2H3,(H,16,17). The molecule has 1 aromatic carbocycles. The van der Waals surface area contributed by atoms with Crippen molar-refractivity contribution in [2.45, 2.75) is 13.5 Å². The van der Waals surface area contributed by atoms with E-state index in [1.165, 1.54) is 0 Å². The summed E-state index contributed by atoms with van der Waals surface area (Å²) in [6, 6.07) is 7.95. The lowest BCUT2D eigenvalue weighted by molar-refractivity contribution is 0.561. The van der Waals surface area contributed by atoms with Gasteiger partial charge in [-0.15, -0.1) is 0 Å². The maximum Gasteiger partial charge on any atom is 0.192 e. The second-order valence-corrected chi connectivity index (χ2v) is 4.22. The summed E-state index contributed by atoms with van der Waals surface area (Å²) in [5, 5.41) is 10.4. The zero-order valence-corrected chi connectivity index (χ0v) is 10.3. The second-order valence-electron chi connectivity index (χ2n) is 4.22. The summed E-state index contributed by atoms with van der Waals surface area (Å²) >= 11 is 0. The highest BCUT2D eigenvalue weighted by Gasteiger charge is 2.07. The smallest absolute Gasteiger partial charge is 0.192 e. The van der Waals surface area contributed by atoms with E-state index in [-0.39, 0.29) is 0 Å². The SMILES string of the molecule is CNCc1cc(-c2ccc3nc(C)oc3c2)n[nH]1. The molecule has 0 unspecified atom stereocenters. The molecule has 2 aromatic heterocycles. The third kappa shape index (κ3) is 1.89. The number of aromatic amines is 1. The summed E-state index contributed by atoms with van der Waals surface area (Å²) < 4.78 is 5.52. The van der Waals surface area contributed by atoms with Crippen LogP contribution in [0.1, 0.15) is 11.6 Å². The van der Waals surface area contributed by atoms with Crippen molar-refractivity contribution in [1.29, 1.82) is 0 Å². The van der Waals surface area contributed by atoms with Crippen molar-refractivity contribution in [3.05, 3.63) is 35.9 Å². The first kappa shape index (κ1) is 11.0. The summed E-state index contributed by atoms with van der Waals surface area (Å²) in [6.45, 7) is 2.62. The molecule has 0 spiro atoms. The Morgan fingerprint density at radius 2 is 2.22 bits per heavy atom. The average molecular weight is 242 g/mol. The maximum atomic E-state index is 5.52. The lowest BCUT2D eigenvalue weighted by Crippen LogP contribution is -2.04. The number of aryl methyl sites for hydroxylation is 1. The van der Waals surface area contributed by atoms with Gasteiger partial charge < -0.3 is 9.73 Å². The highest BCUT2D eigenvalue weighted by atomic mass is 16.3. The van der Waals surface area contributed by atoms with Gasteiger partial charge in [-0.05, 0) is 25.2 Å². The third-order valence-corrected chi connectivity index (χ3v) is 2.79. The molecule has 0 bridgehead atoms. The van der Waals surface area contributed by atoms with Gasteiger partial charge >= 0.3 is 0 Å². The van der Waals surface area contributed by atoms with E-state index in [0.717, 1.165) is 34.6 Å². The first-order valence-electron chi connectivity index (χ1n) is 5.83. The molecule has 0 aliphatic carbocycles. The van der Waals surface area contributed by atoms with E-state index in [1.807, 2.05) is 38.2 Å². The van der Waals surface area contributed by atoms with Crippen LogP contribution in [-0.4, -0.2) is 22.2 Å². The summed E-state index contributed by atoms with van der Waals surface area (Å²) in [6.07, 6.45) is 0. The van der Waals surface area contributed by atoms with Crippen LogP contribution in [0.4, 0.5) is 0 Å². The Bertz CT molecular complexity index is 683. The van der Waals surface area contributed by atoms with Crippen LogP contribution in [0, 0.1) is 6.92 Å². The zero-order chi connectivity index (χ0) is 12.5. The topological polar surface area (TPSA) is 66.7 Å². The number of aromatic nitrogens is 3. The van der Waals surface area contributed by atoms with Crippen molar-refractivity contribution in [2.24, 2.45) is 0 Å². The van der Waals surface area contributed by atoms with E-state index in [1.54, 1.807) is 0 Å². The third-order valence-electron chi connectivity index (χ3n) is 2.79. The molecular formula is C13H14N4O. The predicted molar refractivity (Wildman–Crippen MR) is 69.1 cm³/mol. The summed E-state index contributed by atoms with van der Waals surface area (Å²) in [4.78, 5) is 4.28. The van der Waals surface area contributed by atoms with Crippen molar-refractivity contribution in [3.8, 4) is 11.3 Å². The minimum atomic E-state index is 0.681. The Balaban J connectivity index is 2.01. The molecule has 92 valence electrons. The van der Waals surface area contributed by atoms with E-state index in [0.29, 0.717) is 5.89 Å². The zero-order valence-electron chi connectivity index (χ0n) is 10.3. The van der Waals surface area contributed by atoms with Crippen molar-refractivity contribution in [2.75, 3.05) is 7.05 Å². The van der Waals surface area contributed by atoms with Crippen molar-refractivity contribution < 1.29 is 4.42 Å². The Labute approximate surface area is 104 Å². The van der Waals surface area contributed by atoms with Gasteiger partial charge in [0.1, 0.15) is 5.52 Å². The van der Waals surface area contributed by atoms with Gasteiger partial charge in [0.15, 0.2) is 11.5 Å². The number of hydrogen-bond acceptors (Lipinski definition) is 4. The molecule has 0 saturated heterocycles. The van der Waals surface area contributed by atoms with E-state index < -0.39 is 0 Å². The quantitative estimate of drug-likeness (QED) is 0.739. The van der Waals surface area contributed by atoms with E-state index >= 15 is 0 Å². The monoisotopic (exact) mass is 242 g/mol. The number of fused-ring (bicyclic) bond motifs is 1. The Hall–Kier alpha value is -2.14. The van der Waals surface area contributed by atoms with Gasteiger partial charge in [0.05, 0.1) is 5.69 Å². The lowest BCUT2D eigenvalue weighted by Gasteiger charge is -1.94. The van der Waals surface area contributed by atoms with E-state index in [2.05, 4.69) is 20.5 Å². The van der Waals surface area contributed by atoms with Gasteiger partial charge in [-0.1, -0.05) is 6.07 Å². The Morgan fingerprint density at radius 1 is 1.33 bits per heavy atom. The second kappa shape index (κ2) is 4.27. The molecule has 3 aromatic rings. The number of nitrogens with zero attached hydrogens (tertiary/aromatic N) is 2. The summed E-state index contributed by atoms with van der Waals surface area (Å²) in [5.74, 6) is 0.681. The number of H-pyrrole nitrogens is 1. The van der Waals surface area contributed by atoms with Crippen LogP contribution in [0.5, 0.6) is 0 Å². The fourth-order valence-corrected chi connectivity index (χ4v) is 1.99. The van der Waals surface area contributed by atoms with Gasteiger partial charge in [-0.25, -0.2) is 4.98 Å². The highest BCUT2D eigenvalue weighted by molar-refractivity contribution is 5.79. The van der Waals surface area contributed by atoms with Gasteiger partial charge in [0.25, 0.3) is 0 Å². The average Bonchev–Trinajstić information content (AvgIpc) is 2.93. The highest BCUT2D eigenvalue weighted by Crippen LogP contribution is 2.23. The molecule has 0 saturated carbocycles. The van der Waals surface area contributed by atoms with Crippen LogP contribution in [0.3, 0.4) is 0 Å². The van der Waals surface area contributed by atoms with Crippen molar-refractivity contribution in [3.63, 3.8) is 0 Å². The Kier molecular flexibility index (Phi) is 2.60. The number of nitrogens with one attached hydrogen (secondary N) is 2. The van der Waals surface area contributed by atoms with Gasteiger partial charge in [0, 0.05) is 24.7 Å². The molecule has 0 amide bonds. The molecule has 0 fully saturated rings. The van der Waals surface area contributed by atoms with Crippen LogP contribution < -0.4 is 5.32 Å². The van der Waals surface area contributed by atoms with Gasteiger partial charge in [-0.2, -0.15) is 5.10 Å². The minimum Gasteiger partial charge on any atom is -0.441 e. The molecule has 3 rings (SSSR count). The molecule has 0 radical (unpaired) electrons. The fourth-order valence-electron chi connectivity index (χ4n) is 1.99. The van der Waals surface area contributed by atoms with Crippen LogP contribution in [0.2, 0.25) is 0 Å². The fraction of sp³-hybridized carbons (Fsp3) is 0.231. The first-order chi connectivity index (χ1) is 8.76. The molecule has 0 atom stereocenters. The van der Waals surface area contributed by atoms with E-state index in [4.69, 9.17) is 4.42 Å². The molecule has 18 heavy (non-hydrogen) atoms. The normalized spacial score (nSPS) is 11.2. The summed E-state index contributed by atoms with van der Waals surface area (Å²) in [7, 11) is 1.91. The molecular weight excluding hydrogens is 228 g/mol. The Morgan fingerprint density at radius 3 is 3.06 bits per heavy atom. The first-order valence-corrected chi connectivity index (χ1v) is 5.83. The molecule has 2 N–H and O–H groups in total.